The molecule has 0 N–H and O–H groups in total. The third-order valence-corrected chi connectivity index (χ3v) is 9.32. The summed E-state index contributed by atoms with van der Waals surface area (Å²) in [6.45, 7) is 6.15. The highest BCUT2D eigenvalue weighted by atomic mass is 16.6. The fourth-order valence-electron chi connectivity index (χ4n) is 5.76. The first kappa shape index (κ1) is 58.3. The molecule has 0 saturated heterocycles. The predicted octanol–water partition coefficient (Wildman–Crippen LogP) is 16.1. The van der Waals surface area contributed by atoms with Crippen LogP contribution in [0.5, 0.6) is 0 Å². The second-order valence-corrected chi connectivity index (χ2v) is 15.2. The van der Waals surface area contributed by atoms with Crippen LogP contribution in [-0.2, 0) is 28.6 Å². The van der Waals surface area contributed by atoms with Crippen molar-refractivity contribution < 1.29 is 28.6 Å². The van der Waals surface area contributed by atoms with Gasteiger partial charge in [0.2, 0.25) is 0 Å². The molecule has 0 radical (unpaired) electrons. The van der Waals surface area contributed by atoms with Gasteiger partial charge in [-0.05, 0) is 135 Å². The van der Waals surface area contributed by atoms with E-state index in [1.807, 2.05) is 0 Å². The van der Waals surface area contributed by atoms with Crippen molar-refractivity contribution in [2.24, 2.45) is 0 Å². The SMILES string of the molecule is CC/C=C\C/C=C\C/C=C\C/C=C\CCCCC(=O)OCC(COC(=O)CCCC/C=C\C/C=C\C/C=C\C/C=C\CC)OC(=O)CCCC/C=C\C/C=C\C/C=C\C/C=C\CC. The molecule has 0 unspecified atom stereocenters. The fraction of sp³-hybridized carbons (Fsp3) is 0.526. The molecule has 0 aromatic rings. The molecule has 0 aliphatic heterocycles. The van der Waals surface area contributed by atoms with E-state index >= 15 is 0 Å². The summed E-state index contributed by atoms with van der Waals surface area (Å²) in [5, 5.41) is 0. The summed E-state index contributed by atoms with van der Waals surface area (Å²) < 4.78 is 16.7. The van der Waals surface area contributed by atoms with Crippen LogP contribution >= 0.6 is 0 Å². The van der Waals surface area contributed by atoms with E-state index in [9.17, 15) is 14.4 Å². The van der Waals surface area contributed by atoms with E-state index in [4.69, 9.17) is 14.2 Å². The van der Waals surface area contributed by atoms with Crippen molar-refractivity contribution in [1.29, 1.82) is 0 Å². The van der Waals surface area contributed by atoms with Crippen molar-refractivity contribution >= 4 is 17.9 Å². The first-order chi connectivity index (χ1) is 31.0. The average molecular weight is 867 g/mol. The summed E-state index contributed by atoms with van der Waals surface area (Å²) in [7, 11) is 0. The normalized spacial score (nSPS) is 13.0. The van der Waals surface area contributed by atoms with Gasteiger partial charge in [0.1, 0.15) is 13.2 Å². The van der Waals surface area contributed by atoms with Crippen molar-refractivity contribution in [3.8, 4) is 0 Å². The average Bonchev–Trinajstić information content (AvgIpc) is 3.28. The Kier molecular flexibility index (Phi) is 46.2. The molecule has 0 aliphatic rings. The fourth-order valence-corrected chi connectivity index (χ4v) is 5.76. The Balaban J connectivity index is 4.63. The Morgan fingerprint density at radius 2 is 0.556 bits per heavy atom. The maximum atomic E-state index is 12.8. The molecule has 0 heterocycles. The molecular formula is C57H86O6. The monoisotopic (exact) mass is 867 g/mol. The highest BCUT2D eigenvalue weighted by molar-refractivity contribution is 5.71. The van der Waals surface area contributed by atoms with Gasteiger partial charge in [-0.1, -0.05) is 167 Å². The van der Waals surface area contributed by atoms with Crippen molar-refractivity contribution in [3.63, 3.8) is 0 Å². The molecule has 0 fully saturated rings. The molecular weight excluding hydrogens is 781 g/mol. The van der Waals surface area contributed by atoms with Gasteiger partial charge in [0.15, 0.2) is 6.10 Å². The van der Waals surface area contributed by atoms with Crippen molar-refractivity contribution in [2.75, 3.05) is 13.2 Å². The number of carbonyl (C=O) groups is 3. The zero-order chi connectivity index (χ0) is 45.8. The Bertz CT molecular complexity index is 1390. The molecule has 63 heavy (non-hydrogen) atoms. The third kappa shape index (κ3) is 48.2. The van der Waals surface area contributed by atoms with Crippen LogP contribution in [0.2, 0.25) is 0 Å². The molecule has 0 aliphatic carbocycles. The van der Waals surface area contributed by atoms with Crippen LogP contribution < -0.4 is 0 Å². The number of carbonyl (C=O) groups excluding carboxylic acids is 3. The Morgan fingerprint density at radius 3 is 0.825 bits per heavy atom. The maximum Gasteiger partial charge on any atom is 0.306 e. The first-order valence-electron chi connectivity index (χ1n) is 24.3. The van der Waals surface area contributed by atoms with Gasteiger partial charge in [0.05, 0.1) is 0 Å². The van der Waals surface area contributed by atoms with Gasteiger partial charge < -0.3 is 14.2 Å². The number of ether oxygens (including phenoxy) is 3. The zero-order valence-electron chi connectivity index (χ0n) is 39.8. The van der Waals surface area contributed by atoms with Crippen LogP contribution in [0.25, 0.3) is 0 Å². The topological polar surface area (TPSA) is 78.9 Å². The van der Waals surface area contributed by atoms with Gasteiger partial charge in [-0.2, -0.15) is 0 Å². The lowest BCUT2D eigenvalue weighted by Gasteiger charge is -2.18. The van der Waals surface area contributed by atoms with E-state index in [1.54, 1.807) is 0 Å². The number of hydrogen-bond donors (Lipinski definition) is 0. The van der Waals surface area contributed by atoms with Gasteiger partial charge in [0.25, 0.3) is 0 Å². The Morgan fingerprint density at radius 1 is 0.317 bits per heavy atom. The minimum atomic E-state index is -0.839. The summed E-state index contributed by atoms with van der Waals surface area (Å²) in [4.78, 5) is 37.9. The summed E-state index contributed by atoms with van der Waals surface area (Å²) >= 11 is 0. The quantitative estimate of drug-likeness (QED) is 0.0264. The smallest absolute Gasteiger partial charge is 0.306 e. The lowest BCUT2D eigenvalue weighted by atomic mass is 10.1. The van der Waals surface area contributed by atoms with Crippen LogP contribution in [0, 0.1) is 0 Å². The molecule has 0 aromatic heterocycles. The van der Waals surface area contributed by atoms with Crippen LogP contribution in [0.4, 0.5) is 0 Å². The van der Waals surface area contributed by atoms with E-state index in [0.29, 0.717) is 19.3 Å². The molecule has 0 atom stereocenters. The number of rotatable bonds is 41. The molecule has 0 spiro atoms. The van der Waals surface area contributed by atoms with Gasteiger partial charge in [-0.3, -0.25) is 14.4 Å². The van der Waals surface area contributed by atoms with Crippen LogP contribution in [-0.4, -0.2) is 37.2 Å². The van der Waals surface area contributed by atoms with Gasteiger partial charge >= 0.3 is 17.9 Å². The van der Waals surface area contributed by atoms with E-state index in [1.165, 1.54) is 0 Å². The minimum Gasteiger partial charge on any atom is -0.462 e. The standard InChI is InChI=1S/C57H86O6/c1-4-7-10-13-16-19-22-25-28-31-34-37-40-43-46-49-55(58)61-52-54(63-57(60)51-48-45-42-39-36-33-30-27-24-21-18-15-12-9-6-3)53-62-56(59)50-47-44-41-38-35-32-29-26-23-20-17-14-11-8-5-2/h7-12,16-21,25-30,34-39,54H,4-6,13-15,22-24,31-33,40-53H2,1-3H3/b10-7-,11-8-,12-9-,19-16-,20-17-,21-18-,28-25-,29-26-,30-27-,37-34-,38-35-,39-36-. The summed E-state index contributed by atoms with van der Waals surface area (Å²) in [5.74, 6) is -1.07. The summed E-state index contributed by atoms with van der Waals surface area (Å²) in [5.41, 5.74) is 0. The number of allylic oxidation sites excluding steroid dienone is 24. The molecule has 6 heteroatoms. The first-order valence-corrected chi connectivity index (χ1v) is 24.3. The largest absolute Gasteiger partial charge is 0.462 e. The Labute approximate surface area is 385 Å². The van der Waals surface area contributed by atoms with E-state index in [0.717, 1.165) is 116 Å². The van der Waals surface area contributed by atoms with Gasteiger partial charge in [0, 0.05) is 19.3 Å². The molecule has 0 rings (SSSR count). The molecule has 0 bridgehead atoms. The number of hydrogen-bond acceptors (Lipinski definition) is 6. The molecule has 0 amide bonds. The van der Waals surface area contributed by atoms with E-state index in [2.05, 4.69) is 167 Å². The lowest BCUT2D eigenvalue weighted by Crippen LogP contribution is -2.30. The molecule has 350 valence electrons. The second-order valence-electron chi connectivity index (χ2n) is 15.2. The van der Waals surface area contributed by atoms with Gasteiger partial charge in [-0.15, -0.1) is 0 Å². The van der Waals surface area contributed by atoms with E-state index < -0.39 is 6.10 Å². The number of unbranched alkanes of at least 4 members (excludes halogenated alkanes) is 6. The van der Waals surface area contributed by atoms with Gasteiger partial charge in [-0.25, -0.2) is 0 Å². The van der Waals surface area contributed by atoms with Crippen LogP contribution in [0.3, 0.4) is 0 Å². The summed E-state index contributed by atoms with van der Waals surface area (Å²) in [6.07, 6.45) is 71.2. The zero-order valence-corrected chi connectivity index (χ0v) is 39.8. The lowest BCUT2D eigenvalue weighted by molar-refractivity contribution is -0.167. The van der Waals surface area contributed by atoms with Crippen molar-refractivity contribution in [1.82, 2.24) is 0 Å². The second kappa shape index (κ2) is 49.9. The van der Waals surface area contributed by atoms with E-state index in [-0.39, 0.29) is 50.4 Å². The predicted molar refractivity (Wildman–Crippen MR) is 269 cm³/mol. The number of esters is 3. The highest BCUT2D eigenvalue weighted by Crippen LogP contribution is 2.10. The molecule has 0 aromatic carbocycles. The molecule has 0 saturated carbocycles. The summed E-state index contributed by atoms with van der Waals surface area (Å²) in [6, 6.07) is 0. The highest BCUT2D eigenvalue weighted by Gasteiger charge is 2.19. The van der Waals surface area contributed by atoms with Crippen LogP contribution in [0.1, 0.15) is 175 Å². The van der Waals surface area contributed by atoms with Crippen molar-refractivity contribution in [2.45, 2.75) is 181 Å². The maximum absolute atomic E-state index is 12.8. The molecule has 6 nitrogen and oxygen atoms in total. The van der Waals surface area contributed by atoms with Crippen LogP contribution in [0.15, 0.2) is 146 Å². The third-order valence-electron chi connectivity index (χ3n) is 9.32. The Hall–Kier alpha value is -4.71. The van der Waals surface area contributed by atoms with Crippen molar-refractivity contribution in [3.05, 3.63) is 146 Å². The minimum absolute atomic E-state index is 0.136.